The molecule has 90 valence electrons. The molecular formula is C13H20FNO. The summed E-state index contributed by atoms with van der Waals surface area (Å²) in [4.78, 5) is 0. The van der Waals surface area contributed by atoms with Crippen molar-refractivity contribution in [3.05, 3.63) is 35.1 Å². The minimum atomic E-state index is -0.721. The fraction of sp³-hybridized carbons (Fsp3) is 0.538. The molecule has 0 amide bonds. The number of halogens is 1. The van der Waals surface area contributed by atoms with E-state index in [-0.39, 0.29) is 11.9 Å². The number of aryl methyl sites for hydroxylation is 1. The minimum absolute atomic E-state index is 0.256. The Hall–Kier alpha value is -0.930. The van der Waals surface area contributed by atoms with Gasteiger partial charge in [0, 0.05) is 6.04 Å². The van der Waals surface area contributed by atoms with E-state index in [1.165, 1.54) is 6.07 Å². The number of benzene rings is 1. The van der Waals surface area contributed by atoms with Gasteiger partial charge in [0.1, 0.15) is 5.82 Å². The van der Waals surface area contributed by atoms with Crippen LogP contribution in [0.25, 0.3) is 0 Å². The molecule has 0 fully saturated rings. The van der Waals surface area contributed by atoms with Crippen molar-refractivity contribution < 1.29 is 9.50 Å². The van der Waals surface area contributed by atoms with Crippen molar-refractivity contribution in [1.82, 2.24) is 0 Å². The van der Waals surface area contributed by atoms with Crippen molar-refractivity contribution in [2.45, 2.75) is 39.3 Å². The van der Waals surface area contributed by atoms with E-state index in [1.807, 2.05) is 0 Å². The maximum absolute atomic E-state index is 13.1. The highest BCUT2D eigenvalue weighted by Gasteiger charge is 2.18. The number of aliphatic hydroxyl groups excluding tert-OH is 1. The molecule has 0 radical (unpaired) electrons. The molecule has 1 aromatic carbocycles. The summed E-state index contributed by atoms with van der Waals surface area (Å²) in [7, 11) is 0. The third-order valence-corrected chi connectivity index (χ3v) is 2.67. The van der Waals surface area contributed by atoms with Crippen molar-refractivity contribution in [2.24, 2.45) is 11.7 Å². The Labute approximate surface area is 96.3 Å². The van der Waals surface area contributed by atoms with Gasteiger partial charge in [0.25, 0.3) is 0 Å². The summed E-state index contributed by atoms with van der Waals surface area (Å²) in [5.74, 6) is 0.180. The summed E-state index contributed by atoms with van der Waals surface area (Å²) in [6.07, 6.45) is 0.0270. The van der Waals surface area contributed by atoms with Gasteiger partial charge in [0.05, 0.1) is 6.10 Å². The van der Waals surface area contributed by atoms with Gasteiger partial charge < -0.3 is 10.8 Å². The lowest BCUT2D eigenvalue weighted by molar-refractivity contribution is 0.136. The average molecular weight is 225 g/mol. The molecule has 0 saturated carbocycles. The Bertz CT molecular complexity index is 352. The van der Waals surface area contributed by atoms with E-state index in [0.717, 1.165) is 6.42 Å². The van der Waals surface area contributed by atoms with E-state index in [4.69, 9.17) is 5.73 Å². The summed E-state index contributed by atoms with van der Waals surface area (Å²) in [5.41, 5.74) is 7.12. The predicted octanol–water partition coefficient (Wildman–Crippen LogP) is 2.54. The lowest BCUT2D eigenvalue weighted by Crippen LogP contribution is -2.29. The summed E-state index contributed by atoms with van der Waals surface area (Å²) in [5, 5.41) is 10.0. The number of hydrogen-bond acceptors (Lipinski definition) is 2. The quantitative estimate of drug-likeness (QED) is 0.827. The molecule has 16 heavy (non-hydrogen) atoms. The van der Waals surface area contributed by atoms with Crippen LogP contribution < -0.4 is 5.73 Å². The van der Waals surface area contributed by atoms with Crippen molar-refractivity contribution in [1.29, 1.82) is 0 Å². The summed E-state index contributed by atoms with van der Waals surface area (Å²) in [6, 6.07) is 4.31. The molecule has 0 spiro atoms. The lowest BCUT2D eigenvalue weighted by atomic mass is 9.94. The van der Waals surface area contributed by atoms with Crippen molar-refractivity contribution in [2.75, 3.05) is 0 Å². The standard InChI is InChI=1S/C13H20FNO/c1-8(2)6-12(15)13(16)10-4-5-11(14)9(3)7-10/h4-5,7-8,12-13,16H,6,15H2,1-3H3. The average Bonchev–Trinajstić information content (AvgIpc) is 2.20. The number of nitrogens with two attached hydrogens (primary N) is 1. The Morgan fingerprint density at radius 1 is 1.38 bits per heavy atom. The molecule has 0 aliphatic rings. The second-order valence-electron chi connectivity index (χ2n) is 4.75. The largest absolute Gasteiger partial charge is 0.387 e. The zero-order chi connectivity index (χ0) is 12.3. The van der Waals surface area contributed by atoms with Gasteiger partial charge in [0.15, 0.2) is 0 Å². The molecule has 0 aliphatic carbocycles. The van der Waals surface area contributed by atoms with Gasteiger partial charge in [0.2, 0.25) is 0 Å². The highest BCUT2D eigenvalue weighted by Crippen LogP contribution is 2.21. The zero-order valence-corrected chi connectivity index (χ0v) is 10.1. The van der Waals surface area contributed by atoms with Crippen LogP contribution in [0.3, 0.4) is 0 Å². The third kappa shape index (κ3) is 3.29. The predicted molar refractivity (Wildman–Crippen MR) is 63.5 cm³/mol. The molecule has 3 heteroatoms. The molecule has 0 bridgehead atoms. The molecule has 2 atom stereocenters. The maximum atomic E-state index is 13.1. The number of hydrogen-bond donors (Lipinski definition) is 2. The topological polar surface area (TPSA) is 46.2 Å². The SMILES string of the molecule is Cc1cc(C(O)C(N)CC(C)C)ccc1F. The molecule has 2 nitrogen and oxygen atoms in total. The summed E-state index contributed by atoms with van der Waals surface area (Å²) >= 11 is 0. The molecule has 3 N–H and O–H groups in total. The zero-order valence-electron chi connectivity index (χ0n) is 10.1. The van der Waals surface area contributed by atoms with Gasteiger partial charge in [-0.2, -0.15) is 0 Å². The first kappa shape index (κ1) is 13.1. The Morgan fingerprint density at radius 2 is 2.00 bits per heavy atom. The van der Waals surface area contributed by atoms with E-state index in [2.05, 4.69) is 13.8 Å². The van der Waals surface area contributed by atoms with E-state index >= 15 is 0 Å². The number of aliphatic hydroxyl groups is 1. The molecule has 0 aliphatic heterocycles. The molecule has 0 aromatic heterocycles. The normalized spacial score (nSPS) is 15.2. The second kappa shape index (κ2) is 5.41. The van der Waals surface area contributed by atoms with Crippen molar-refractivity contribution in [3.63, 3.8) is 0 Å². The third-order valence-electron chi connectivity index (χ3n) is 2.67. The van der Waals surface area contributed by atoms with Crippen LogP contribution in [0.4, 0.5) is 4.39 Å². The molecular weight excluding hydrogens is 205 g/mol. The fourth-order valence-electron chi connectivity index (χ4n) is 1.77. The van der Waals surface area contributed by atoms with E-state index in [1.54, 1.807) is 19.1 Å². The molecule has 2 unspecified atom stereocenters. The van der Waals surface area contributed by atoms with E-state index in [9.17, 15) is 9.50 Å². The van der Waals surface area contributed by atoms with Crippen molar-refractivity contribution >= 4 is 0 Å². The highest BCUT2D eigenvalue weighted by atomic mass is 19.1. The van der Waals surface area contributed by atoms with Gasteiger partial charge in [-0.05, 0) is 36.5 Å². The second-order valence-corrected chi connectivity index (χ2v) is 4.75. The Balaban J connectivity index is 2.79. The first-order chi connectivity index (χ1) is 7.41. The molecule has 0 heterocycles. The van der Waals surface area contributed by atoms with Gasteiger partial charge >= 0.3 is 0 Å². The van der Waals surface area contributed by atoms with Crippen LogP contribution in [0.5, 0.6) is 0 Å². The first-order valence-electron chi connectivity index (χ1n) is 5.61. The minimum Gasteiger partial charge on any atom is -0.387 e. The first-order valence-corrected chi connectivity index (χ1v) is 5.61. The molecule has 1 rings (SSSR count). The van der Waals surface area contributed by atoms with Crippen LogP contribution in [0.2, 0.25) is 0 Å². The van der Waals surface area contributed by atoms with Gasteiger partial charge in [-0.1, -0.05) is 26.0 Å². The lowest BCUT2D eigenvalue weighted by Gasteiger charge is -2.21. The molecule has 0 saturated heterocycles. The van der Waals surface area contributed by atoms with Crippen LogP contribution in [-0.2, 0) is 0 Å². The van der Waals surface area contributed by atoms with Gasteiger partial charge in [-0.25, -0.2) is 4.39 Å². The van der Waals surface area contributed by atoms with Crippen molar-refractivity contribution in [3.8, 4) is 0 Å². The van der Waals surface area contributed by atoms with E-state index in [0.29, 0.717) is 17.0 Å². The monoisotopic (exact) mass is 225 g/mol. The number of rotatable bonds is 4. The fourth-order valence-corrected chi connectivity index (χ4v) is 1.77. The van der Waals surface area contributed by atoms with Crippen LogP contribution in [0, 0.1) is 18.7 Å². The van der Waals surface area contributed by atoms with Crippen LogP contribution in [0.1, 0.15) is 37.5 Å². The van der Waals surface area contributed by atoms with E-state index < -0.39 is 6.10 Å². The van der Waals surface area contributed by atoms with Crippen LogP contribution in [0.15, 0.2) is 18.2 Å². The smallest absolute Gasteiger partial charge is 0.126 e. The summed E-state index contributed by atoms with van der Waals surface area (Å²) < 4.78 is 13.1. The Morgan fingerprint density at radius 3 is 2.50 bits per heavy atom. The van der Waals surface area contributed by atoms with Crippen LogP contribution >= 0.6 is 0 Å². The van der Waals surface area contributed by atoms with Gasteiger partial charge in [-0.15, -0.1) is 0 Å². The van der Waals surface area contributed by atoms with Crippen LogP contribution in [-0.4, -0.2) is 11.1 Å². The molecule has 1 aromatic rings. The maximum Gasteiger partial charge on any atom is 0.126 e. The Kier molecular flexibility index (Phi) is 4.44. The van der Waals surface area contributed by atoms with Gasteiger partial charge in [-0.3, -0.25) is 0 Å². The highest BCUT2D eigenvalue weighted by molar-refractivity contribution is 5.26. The summed E-state index contributed by atoms with van der Waals surface area (Å²) in [6.45, 7) is 5.80.